The van der Waals surface area contributed by atoms with E-state index in [-0.39, 0.29) is 11.1 Å². The maximum Gasteiger partial charge on any atom is 0.253 e. The molecule has 0 saturated carbocycles. The molecule has 0 fully saturated rings. The second-order valence-electron chi connectivity index (χ2n) is 8.20. The molecule has 1 atom stereocenters. The Labute approximate surface area is 188 Å². The number of benzene rings is 2. The Morgan fingerprint density at radius 2 is 1.91 bits per heavy atom. The van der Waals surface area contributed by atoms with Gasteiger partial charge in [0.1, 0.15) is 16.9 Å². The van der Waals surface area contributed by atoms with E-state index in [4.69, 9.17) is 10.2 Å². The number of carbonyl (C=O) groups is 1. The highest BCUT2D eigenvalue weighted by Gasteiger charge is 2.23. The van der Waals surface area contributed by atoms with Crippen LogP contribution in [0.1, 0.15) is 40.0 Å². The summed E-state index contributed by atoms with van der Waals surface area (Å²) in [5.41, 5.74) is 7.68. The Balaban J connectivity index is 1.89. The summed E-state index contributed by atoms with van der Waals surface area (Å²) < 4.78 is 36.0. The fourth-order valence-corrected chi connectivity index (χ4v) is 4.03. The lowest BCUT2D eigenvalue weighted by Crippen LogP contribution is -2.19. The number of halogens is 2. The number of nitrogens with zero attached hydrogens (tertiary/aromatic N) is 1. The van der Waals surface area contributed by atoms with Crippen molar-refractivity contribution in [2.45, 2.75) is 26.8 Å². The van der Waals surface area contributed by atoms with Gasteiger partial charge in [0.15, 0.2) is 17.1 Å². The number of anilines is 1. The third-order valence-electron chi connectivity index (χ3n) is 5.67. The van der Waals surface area contributed by atoms with Gasteiger partial charge in [-0.2, -0.15) is 0 Å². The van der Waals surface area contributed by atoms with Gasteiger partial charge in [0.25, 0.3) is 5.91 Å². The van der Waals surface area contributed by atoms with Gasteiger partial charge in [0, 0.05) is 36.1 Å². The largest absolute Gasteiger partial charge is 0.455 e. The molecule has 0 aliphatic heterocycles. The standard InChI is InChI=1S/C25H23F2N3O3/c1-12-9-16(14(3)29-19-6-5-18(26)21(27)20(19)25(28)32)24-17(10-12)22(31)13(2)23(33-24)15-7-8-30(4)11-15/h5-11,14,29H,1-4H3,(H2,28,32)/t14-/m1/s1. The summed E-state index contributed by atoms with van der Waals surface area (Å²) in [6.07, 6.45) is 3.71. The summed E-state index contributed by atoms with van der Waals surface area (Å²) in [6.45, 7) is 5.34. The van der Waals surface area contributed by atoms with Crippen LogP contribution in [0.5, 0.6) is 0 Å². The summed E-state index contributed by atoms with van der Waals surface area (Å²) in [5.74, 6) is -3.13. The first kappa shape index (κ1) is 22.3. The highest BCUT2D eigenvalue weighted by molar-refractivity contribution is 5.99. The Morgan fingerprint density at radius 1 is 1.18 bits per heavy atom. The molecule has 4 aromatic rings. The van der Waals surface area contributed by atoms with Crippen molar-refractivity contribution in [3.63, 3.8) is 0 Å². The van der Waals surface area contributed by atoms with E-state index in [2.05, 4.69) is 5.32 Å². The molecule has 0 radical (unpaired) electrons. The van der Waals surface area contributed by atoms with Crippen LogP contribution < -0.4 is 16.5 Å². The molecule has 0 aliphatic rings. The summed E-state index contributed by atoms with van der Waals surface area (Å²) >= 11 is 0. The van der Waals surface area contributed by atoms with E-state index < -0.39 is 29.1 Å². The number of nitrogens with one attached hydrogen (secondary N) is 1. The van der Waals surface area contributed by atoms with Crippen LogP contribution in [-0.4, -0.2) is 10.5 Å². The first-order valence-electron chi connectivity index (χ1n) is 10.3. The van der Waals surface area contributed by atoms with Crippen LogP contribution in [0, 0.1) is 25.5 Å². The minimum absolute atomic E-state index is 0.0429. The fraction of sp³-hybridized carbons (Fsp3) is 0.200. The van der Waals surface area contributed by atoms with Crippen molar-refractivity contribution in [3.8, 4) is 11.3 Å². The Hall–Kier alpha value is -3.94. The summed E-state index contributed by atoms with van der Waals surface area (Å²) in [6, 6.07) is 7.09. The number of hydrogen-bond donors (Lipinski definition) is 2. The Kier molecular flexibility index (Phi) is 5.53. The number of primary amides is 1. The number of hydrogen-bond acceptors (Lipinski definition) is 4. The number of rotatable bonds is 5. The van der Waals surface area contributed by atoms with Crippen LogP contribution in [0.15, 0.2) is 51.9 Å². The van der Waals surface area contributed by atoms with Gasteiger partial charge in [-0.1, -0.05) is 6.07 Å². The second-order valence-corrected chi connectivity index (χ2v) is 8.20. The molecule has 2 aromatic heterocycles. The van der Waals surface area contributed by atoms with Crippen LogP contribution in [0.25, 0.3) is 22.3 Å². The first-order valence-corrected chi connectivity index (χ1v) is 10.3. The van der Waals surface area contributed by atoms with E-state index >= 15 is 0 Å². The number of carbonyl (C=O) groups excluding carboxylic acids is 1. The monoisotopic (exact) mass is 451 g/mol. The third-order valence-corrected chi connectivity index (χ3v) is 5.67. The molecule has 8 heteroatoms. The van der Waals surface area contributed by atoms with E-state index in [0.717, 1.165) is 17.2 Å². The highest BCUT2D eigenvalue weighted by Crippen LogP contribution is 2.33. The van der Waals surface area contributed by atoms with Gasteiger partial charge in [-0.05, 0) is 50.6 Å². The van der Waals surface area contributed by atoms with Gasteiger partial charge in [-0.15, -0.1) is 0 Å². The molecule has 0 unspecified atom stereocenters. The maximum atomic E-state index is 14.2. The molecule has 3 N–H and O–H groups in total. The SMILES string of the molecule is Cc1cc([C@@H](C)Nc2ccc(F)c(F)c2C(N)=O)c2oc(-c3ccn(C)c3)c(C)c(=O)c2c1. The molecule has 2 heterocycles. The van der Waals surface area contributed by atoms with Crippen LogP contribution >= 0.6 is 0 Å². The van der Waals surface area contributed by atoms with Crippen LogP contribution in [0.4, 0.5) is 14.5 Å². The molecule has 0 saturated heterocycles. The molecule has 0 aliphatic carbocycles. The molecule has 0 spiro atoms. The van der Waals surface area contributed by atoms with E-state index in [1.165, 1.54) is 6.07 Å². The van der Waals surface area contributed by atoms with Crippen molar-refractivity contribution in [2.24, 2.45) is 12.8 Å². The molecular weight excluding hydrogens is 428 g/mol. The normalized spacial score (nSPS) is 12.2. The summed E-state index contributed by atoms with van der Waals surface area (Å²) in [5, 5.41) is 3.43. The van der Waals surface area contributed by atoms with E-state index in [1.54, 1.807) is 19.9 Å². The topological polar surface area (TPSA) is 90.3 Å². The molecule has 2 aromatic carbocycles. The Bertz CT molecular complexity index is 1470. The zero-order chi connectivity index (χ0) is 24.0. The Morgan fingerprint density at radius 3 is 2.55 bits per heavy atom. The van der Waals surface area contributed by atoms with Crippen molar-refractivity contribution in [1.29, 1.82) is 0 Å². The van der Waals surface area contributed by atoms with E-state index in [0.29, 0.717) is 27.9 Å². The average Bonchev–Trinajstić information content (AvgIpc) is 3.18. The van der Waals surface area contributed by atoms with Gasteiger partial charge >= 0.3 is 0 Å². The van der Waals surface area contributed by atoms with Gasteiger partial charge in [-0.3, -0.25) is 9.59 Å². The predicted octanol–water partition coefficient (Wildman–Crippen LogP) is 4.97. The highest BCUT2D eigenvalue weighted by atomic mass is 19.2. The number of fused-ring (bicyclic) bond motifs is 1. The quantitative estimate of drug-likeness (QED) is 0.449. The number of aryl methyl sites for hydroxylation is 2. The van der Waals surface area contributed by atoms with Crippen molar-refractivity contribution < 1.29 is 18.0 Å². The molecule has 0 bridgehead atoms. The number of amides is 1. The molecular formula is C25H23F2N3O3. The van der Waals surface area contributed by atoms with Crippen molar-refractivity contribution in [2.75, 3.05) is 5.32 Å². The van der Waals surface area contributed by atoms with Crippen molar-refractivity contribution in [3.05, 3.63) is 86.8 Å². The number of nitrogens with two attached hydrogens (primary N) is 1. The van der Waals surface area contributed by atoms with Crippen molar-refractivity contribution in [1.82, 2.24) is 4.57 Å². The molecule has 6 nitrogen and oxygen atoms in total. The lowest BCUT2D eigenvalue weighted by atomic mass is 9.99. The summed E-state index contributed by atoms with van der Waals surface area (Å²) in [4.78, 5) is 25.0. The second kappa shape index (κ2) is 8.20. The zero-order valence-electron chi connectivity index (χ0n) is 18.6. The average molecular weight is 451 g/mol. The molecule has 170 valence electrons. The van der Waals surface area contributed by atoms with Crippen LogP contribution in [-0.2, 0) is 7.05 Å². The minimum Gasteiger partial charge on any atom is -0.455 e. The molecule has 1 amide bonds. The van der Waals surface area contributed by atoms with Gasteiger partial charge in [0.2, 0.25) is 0 Å². The van der Waals surface area contributed by atoms with E-state index in [1.807, 2.05) is 43.1 Å². The smallest absolute Gasteiger partial charge is 0.253 e. The van der Waals surface area contributed by atoms with Crippen LogP contribution in [0.2, 0.25) is 0 Å². The molecule has 33 heavy (non-hydrogen) atoms. The lowest BCUT2D eigenvalue weighted by Gasteiger charge is -2.20. The fourth-order valence-electron chi connectivity index (χ4n) is 4.03. The van der Waals surface area contributed by atoms with Crippen molar-refractivity contribution >= 4 is 22.6 Å². The molecule has 4 rings (SSSR count). The van der Waals surface area contributed by atoms with Gasteiger partial charge in [-0.25, -0.2) is 8.78 Å². The summed E-state index contributed by atoms with van der Waals surface area (Å²) in [7, 11) is 1.87. The predicted molar refractivity (Wildman–Crippen MR) is 123 cm³/mol. The third kappa shape index (κ3) is 3.88. The number of aromatic nitrogens is 1. The first-order chi connectivity index (χ1) is 15.6. The van der Waals surface area contributed by atoms with Crippen LogP contribution in [0.3, 0.4) is 0 Å². The minimum atomic E-state index is -1.32. The van der Waals surface area contributed by atoms with Gasteiger partial charge < -0.3 is 20.0 Å². The van der Waals surface area contributed by atoms with Gasteiger partial charge in [0.05, 0.1) is 17.1 Å². The lowest BCUT2D eigenvalue weighted by molar-refractivity contribution is 0.0996. The maximum absolute atomic E-state index is 14.2. The van der Waals surface area contributed by atoms with E-state index in [9.17, 15) is 18.4 Å². The zero-order valence-corrected chi connectivity index (χ0v) is 18.6.